The Kier molecular flexibility index (Phi) is 3.70. The van der Waals surface area contributed by atoms with Gasteiger partial charge in [-0.25, -0.2) is 14.8 Å². The van der Waals surface area contributed by atoms with Crippen molar-refractivity contribution in [2.45, 2.75) is 25.3 Å². The number of hydrogen-bond acceptors (Lipinski definition) is 5. The van der Waals surface area contributed by atoms with Gasteiger partial charge in [0.1, 0.15) is 11.5 Å². The number of amides is 1. The number of nitrogens with one attached hydrogen (secondary N) is 1. The summed E-state index contributed by atoms with van der Waals surface area (Å²) in [6, 6.07) is 5.94. The lowest BCUT2D eigenvalue weighted by molar-refractivity contribution is -0.306. The van der Waals surface area contributed by atoms with Gasteiger partial charge >= 0.3 is 5.91 Å². The van der Waals surface area contributed by atoms with Gasteiger partial charge in [0.15, 0.2) is 5.82 Å². The summed E-state index contributed by atoms with van der Waals surface area (Å²) in [4.78, 5) is 30.4. The Balaban J connectivity index is 1.82. The number of H-pyrrole nitrogens is 1. The summed E-state index contributed by atoms with van der Waals surface area (Å²) in [6.07, 6.45) is 7.84. The zero-order valence-electron chi connectivity index (χ0n) is 13.3. The van der Waals surface area contributed by atoms with Crippen LogP contribution in [0, 0.1) is 0 Å². The molecule has 4 heterocycles. The zero-order chi connectivity index (χ0) is 16.5. The van der Waals surface area contributed by atoms with E-state index in [0.29, 0.717) is 12.2 Å². The predicted octanol–water partition coefficient (Wildman–Crippen LogP) is 1.15. The molecule has 3 aromatic rings. The quantitative estimate of drug-likeness (QED) is 0.750. The standard InChI is InChI=1S/C17H18N6O/c18-14(24)10-12-2-1-9-23(12)17-13-5-8-20-16(13)21-15(22-17)11-3-6-19-7-4-11/h3-8,12H,1-2,9-10H2,(H2,18,24)(H,20,21,22)/p+1/t12-/m1/s1. The molecular weight excluding hydrogens is 304 g/mol. The first kappa shape index (κ1) is 14.8. The minimum atomic E-state index is -0.0272. The fraction of sp³-hybridized carbons (Fsp3) is 0.294. The Hall–Kier alpha value is -2.80. The van der Waals surface area contributed by atoms with Crippen molar-refractivity contribution < 1.29 is 10.5 Å². The largest absolute Gasteiger partial charge is 0.352 e. The summed E-state index contributed by atoms with van der Waals surface area (Å²) in [6.45, 7) is 0.894. The van der Waals surface area contributed by atoms with E-state index in [1.807, 2.05) is 24.4 Å². The number of aromatic nitrogens is 4. The first-order valence-electron chi connectivity index (χ1n) is 8.09. The number of carbonyl (C=O) groups excluding carboxylic acids is 1. The van der Waals surface area contributed by atoms with E-state index in [2.05, 4.69) is 25.6 Å². The van der Waals surface area contributed by atoms with E-state index >= 15 is 0 Å². The van der Waals surface area contributed by atoms with Crippen molar-refractivity contribution in [2.24, 2.45) is 0 Å². The van der Waals surface area contributed by atoms with E-state index in [4.69, 9.17) is 4.98 Å². The van der Waals surface area contributed by atoms with Crippen LogP contribution in [0.1, 0.15) is 19.3 Å². The maximum Gasteiger partial charge on any atom is 0.310 e. The fourth-order valence-corrected chi connectivity index (χ4v) is 3.36. The number of anilines is 1. The molecule has 0 unspecified atom stereocenters. The highest BCUT2D eigenvalue weighted by Gasteiger charge is 2.30. The van der Waals surface area contributed by atoms with Crippen molar-refractivity contribution in [3.05, 3.63) is 36.8 Å². The van der Waals surface area contributed by atoms with Crippen LogP contribution in [0.25, 0.3) is 22.4 Å². The van der Waals surface area contributed by atoms with Crippen LogP contribution in [-0.2, 0) is 4.79 Å². The van der Waals surface area contributed by atoms with Crippen LogP contribution in [0.15, 0.2) is 36.8 Å². The Morgan fingerprint density at radius 3 is 2.92 bits per heavy atom. The van der Waals surface area contributed by atoms with Crippen molar-refractivity contribution in [2.75, 3.05) is 11.4 Å². The van der Waals surface area contributed by atoms with E-state index in [9.17, 15) is 4.79 Å². The van der Waals surface area contributed by atoms with E-state index in [-0.39, 0.29) is 11.9 Å². The number of quaternary nitrogens is 1. The summed E-state index contributed by atoms with van der Waals surface area (Å²) in [5, 5.41) is 0.983. The van der Waals surface area contributed by atoms with Crippen LogP contribution in [-0.4, -0.2) is 38.4 Å². The molecule has 7 nitrogen and oxygen atoms in total. The molecule has 0 aromatic carbocycles. The number of fused-ring (bicyclic) bond motifs is 1. The third-order valence-corrected chi connectivity index (χ3v) is 4.45. The molecule has 1 saturated heterocycles. The molecule has 1 aliphatic rings. The first-order chi connectivity index (χ1) is 11.7. The average molecular weight is 323 g/mol. The lowest BCUT2D eigenvalue weighted by atomic mass is 10.1. The second-order valence-corrected chi connectivity index (χ2v) is 6.08. The van der Waals surface area contributed by atoms with Crippen molar-refractivity contribution in [3.63, 3.8) is 0 Å². The number of pyridine rings is 1. The van der Waals surface area contributed by atoms with Crippen molar-refractivity contribution >= 4 is 22.8 Å². The molecular formula is C17H19N6O+. The molecule has 3 aromatic heterocycles. The molecule has 0 aliphatic carbocycles. The highest BCUT2D eigenvalue weighted by Crippen LogP contribution is 2.32. The van der Waals surface area contributed by atoms with Gasteiger partial charge in [-0.2, -0.15) is 0 Å². The molecule has 4 rings (SSSR count). The van der Waals surface area contributed by atoms with Gasteiger partial charge in [0.25, 0.3) is 0 Å². The smallest absolute Gasteiger partial charge is 0.310 e. The second-order valence-electron chi connectivity index (χ2n) is 6.08. The molecule has 122 valence electrons. The number of carbonyl (C=O) groups is 1. The van der Waals surface area contributed by atoms with Crippen molar-refractivity contribution in [3.8, 4) is 11.4 Å². The van der Waals surface area contributed by atoms with Crippen LogP contribution in [0.3, 0.4) is 0 Å². The lowest BCUT2D eigenvalue weighted by Gasteiger charge is -2.25. The molecule has 0 saturated carbocycles. The van der Waals surface area contributed by atoms with Gasteiger partial charge in [-0.05, 0) is 31.0 Å². The van der Waals surface area contributed by atoms with Crippen LogP contribution < -0.4 is 10.6 Å². The minimum absolute atomic E-state index is 0.0272. The van der Waals surface area contributed by atoms with Gasteiger partial charge in [0.2, 0.25) is 0 Å². The Bertz CT molecular complexity index is 875. The summed E-state index contributed by atoms with van der Waals surface area (Å²) >= 11 is 0. The second kappa shape index (κ2) is 6.01. The van der Waals surface area contributed by atoms with Crippen molar-refractivity contribution in [1.82, 2.24) is 19.9 Å². The predicted molar refractivity (Wildman–Crippen MR) is 90.0 cm³/mol. The zero-order valence-corrected chi connectivity index (χ0v) is 13.3. The Morgan fingerprint density at radius 1 is 1.29 bits per heavy atom. The monoisotopic (exact) mass is 323 g/mol. The SMILES string of the molecule is [NH3+]C(=O)C[C@H]1CCCN1c1nc(-c2ccncc2)nc2[nH]ccc12. The number of rotatable bonds is 4. The van der Waals surface area contributed by atoms with E-state index in [1.54, 1.807) is 12.4 Å². The number of aromatic amines is 1. The topological polar surface area (TPSA) is 102 Å². The van der Waals surface area contributed by atoms with Gasteiger partial charge in [-0.1, -0.05) is 0 Å². The summed E-state index contributed by atoms with van der Waals surface area (Å²) < 4.78 is 0. The first-order valence-corrected chi connectivity index (χ1v) is 8.09. The third-order valence-electron chi connectivity index (χ3n) is 4.45. The van der Waals surface area contributed by atoms with E-state index < -0.39 is 0 Å². The normalized spacial score (nSPS) is 17.5. The molecule has 24 heavy (non-hydrogen) atoms. The molecule has 1 atom stereocenters. The molecule has 0 radical (unpaired) electrons. The van der Waals surface area contributed by atoms with Gasteiger partial charge in [0.05, 0.1) is 11.8 Å². The van der Waals surface area contributed by atoms with Gasteiger partial charge in [-0.15, -0.1) is 0 Å². The third kappa shape index (κ3) is 2.63. The molecule has 1 fully saturated rings. The number of hydrogen-bond donors (Lipinski definition) is 2. The molecule has 4 N–H and O–H groups in total. The average Bonchev–Trinajstić information content (AvgIpc) is 3.23. The molecule has 0 bridgehead atoms. The number of nitrogens with zero attached hydrogens (tertiary/aromatic N) is 4. The van der Waals surface area contributed by atoms with Gasteiger partial charge in [0, 0.05) is 36.7 Å². The van der Waals surface area contributed by atoms with Crippen LogP contribution in [0.5, 0.6) is 0 Å². The van der Waals surface area contributed by atoms with Gasteiger partial charge < -0.3 is 9.88 Å². The summed E-state index contributed by atoms with van der Waals surface area (Å²) in [7, 11) is 0. The van der Waals surface area contributed by atoms with E-state index in [1.165, 1.54) is 0 Å². The van der Waals surface area contributed by atoms with Gasteiger partial charge in [-0.3, -0.25) is 10.7 Å². The molecule has 1 aliphatic heterocycles. The highest BCUT2D eigenvalue weighted by molar-refractivity contribution is 5.89. The molecule has 7 heteroatoms. The Labute approximate surface area is 138 Å². The fourth-order valence-electron chi connectivity index (χ4n) is 3.36. The maximum absolute atomic E-state index is 11.5. The lowest BCUT2D eigenvalue weighted by Crippen LogP contribution is -2.58. The Morgan fingerprint density at radius 2 is 2.12 bits per heavy atom. The minimum Gasteiger partial charge on any atom is -0.352 e. The van der Waals surface area contributed by atoms with Crippen LogP contribution in [0.2, 0.25) is 0 Å². The van der Waals surface area contributed by atoms with Crippen LogP contribution >= 0.6 is 0 Å². The maximum atomic E-state index is 11.5. The highest BCUT2D eigenvalue weighted by atomic mass is 16.1. The summed E-state index contributed by atoms with van der Waals surface area (Å²) in [5.74, 6) is 1.52. The van der Waals surface area contributed by atoms with Crippen molar-refractivity contribution in [1.29, 1.82) is 0 Å². The van der Waals surface area contributed by atoms with E-state index in [0.717, 1.165) is 41.8 Å². The molecule has 0 spiro atoms. The molecule has 1 amide bonds. The summed E-state index contributed by atoms with van der Waals surface area (Å²) in [5.41, 5.74) is 5.26. The van der Waals surface area contributed by atoms with Crippen LogP contribution in [0.4, 0.5) is 5.82 Å².